The summed E-state index contributed by atoms with van der Waals surface area (Å²) in [7, 11) is 0. The highest BCUT2D eigenvalue weighted by molar-refractivity contribution is 7.08. The van der Waals surface area contributed by atoms with Crippen LogP contribution < -0.4 is 5.32 Å². The minimum atomic E-state index is 0.226. The minimum absolute atomic E-state index is 0.226. The molecule has 2 heterocycles. The Kier molecular flexibility index (Phi) is 4.21. The molecule has 0 bridgehead atoms. The summed E-state index contributed by atoms with van der Waals surface area (Å²) >= 11 is 1.65. The molecule has 5 heteroatoms. The van der Waals surface area contributed by atoms with Crippen LogP contribution in [0.25, 0.3) is 22.3 Å². The molecule has 4 nitrogen and oxygen atoms in total. The number of hydrogen-bond acceptors (Lipinski definition) is 5. The molecule has 0 radical (unpaired) electrons. The number of aliphatic hydroxyl groups is 1. The molecule has 1 fully saturated rings. The van der Waals surface area contributed by atoms with Crippen molar-refractivity contribution in [1.29, 1.82) is 0 Å². The summed E-state index contributed by atoms with van der Waals surface area (Å²) in [4.78, 5) is 9.50. The van der Waals surface area contributed by atoms with E-state index in [4.69, 9.17) is 9.97 Å². The zero-order valence-electron chi connectivity index (χ0n) is 13.5. The van der Waals surface area contributed by atoms with E-state index in [0.29, 0.717) is 0 Å². The normalized spacial score (nSPS) is 16.0. The van der Waals surface area contributed by atoms with Crippen molar-refractivity contribution in [3.8, 4) is 11.4 Å². The fraction of sp³-hybridized carbons (Fsp3) is 0.368. The predicted octanol–water partition coefficient (Wildman–Crippen LogP) is 4.32. The number of para-hydroxylation sites is 1. The van der Waals surface area contributed by atoms with Gasteiger partial charge in [-0.15, -0.1) is 0 Å². The van der Waals surface area contributed by atoms with Gasteiger partial charge in [-0.1, -0.05) is 18.6 Å². The lowest BCUT2D eigenvalue weighted by atomic mass is 9.67. The van der Waals surface area contributed by atoms with Crippen LogP contribution in [0.15, 0.2) is 41.1 Å². The maximum Gasteiger partial charge on any atom is 0.162 e. The molecule has 0 aliphatic heterocycles. The standard InChI is InChI=1S/C19H21N3OS/c23-10-9-19(7-3-8-19)13-20-18-15-4-1-2-5-16(15)21-17(22-18)14-6-11-24-12-14/h1-2,4-6,11-12,23H,3,7-10,13H2,(H,20,21,22). The highest BCUT2D eigenvalue weighted by atomic mass is 32.1. The summed E-state index contributed by atoms with van der Waals surface area (Å²) in [6.07, 6.45) is 4.48. The predicted molar refractivity (Wildman–Crippen MR) is 99.3 cm³/mol. The van der Waals surface area contributed by atoms with Crippen LogP contribution in [0.5, 0.6) is 0 Å². The Morgan fingerprint density at radius 3 is 2.75 bits per heavy atom. The molecule has 1 aromatic carbocycles. The van der Waals surface area contributed by atoms with Crippen molar-refractivity contribution in [2.24, 2.45) is 5.41 Å². The first kappa shape index (κ1) is 15.5. The Balaban J connectivity index is 1.68. The van der Waals surface area contributed by atoms with Crippen molar-refractivity contribution < 1.29 is 5.11 Å². The Hall–Kier alpha value is -1.98. The van der Waals surface area contributed by atoms with Crippen molar-refractivity contribution in [1.82, 2.24) is 9.97 Å². The van der Waals surface area contributed by atoms with E-state index >= 15 is 0 Å². The third-order valence-corrected chi connectivity index (χ3v) is 5.75. The van der Waals surface area contributed by atoms with Crippen molar-refractivity contribution in [2.45, 2.75) is 25.7 Å². The van der Waals surface area contributed by atoms with Gasteiger partial charge in [0.15, 0.2) is 5.82 Å². The molecule has 0 unspecified atom stereocenters. The molecule has 2 aromatic heterocycles. The van der Waals surface area contributed by atoms with Crippen LogP contribution in [0.4, 0.5) is 5.82 Å². The lowest BCUT2D eigenvalue weighted by Gasteiger charge is -2.42. The number of benzene rings is 1. The molecule has 0 amide bonds. The molecule has 0 saturated heterocycles. The number of fused-ring (bicyclic) bond motifs is 1. The van der Waals surface area contributed by atoms with Crippen molar-refractivity contribution in [3.63, 3.8) is 0 Å². The molecule has 0 atom stereocenters. The molecule has 124 valence electrons. The number of rotatable bonds is 6. The molecular formula is C19H21N3OS. The summed E-state index contributed by atoms with van der Waals surface area (Å²) < 4.78 is 0. The first-order valence-electron chi connectivity index (χ1n) is 8.44. The maximum absolute atomic E-state index is 9.35. The number of nitrogens with one attached hydrogen (secondary N) is 1. The zero-order valence-corrected chi connectivity index (χ0v) is 14.4. The lowest BCUT2D eigenvalue weighted by Crippen LogP contribution is -2.37. The molecule has 24 heavy (non-hydrogen) atoms. The van der Waals surface area contributed by atoms with Crippen LogP contribution in [0.3, 0.4) is 0 Å². The fourth-order valence-corrected chi connectivity index (χ4v) is 4.07. The molecule has 2 N–H and O–H groups in total. The third kappa shape index (κ3) is 2.89. The minimum Gasteiger partial charge on any atom is -0.396 e. The average molecular weight is 339 g/mol. The van der Waals surface area contributed by atoms with Gasteiger partial charge in [-0.2, -0.15) is 11.3 Å². The van der Waals surface area contributed by atoms with Gasteiger partial charge in [0.05, 0.1) is 5.52 Å². The monoisotopic (exact) mass is 339 g/mol. The van der Waals surface area contributed by atoms with Gasteiger partial charge in [0.2, 0.25) is 0 Å². The quantitative estimate of drug-likeness (QED) is 0.702. The van der Waals surface area contributed by atoms with E-state index in [1.54, 1.807) is 11.3 Å². The average Bonchev–Trinajstić information content (AvgIpc) is 3.11. The highest BCUT2D eigenvalue weighted by Crippen LogP contribution is 2.44. The second-order valence-electron chi connectivity index (χ2n) is 6.61. The van der Waals surface area contributed by atoms with Crippen LogP contribution in [-0.2, 0) is 0 Å². The summed E-state index contributed by atoms with van der Waals surface area (Å²) in [6.45, 7) is 1.12. The Morgan fingerprint density at radius 2 is 2.04 bits per heavy atom. The number of hydrogen-bond donors (Lipinski definition) is 2. The second kappa shape index (κ2) is 6.49. The van der Waals surface area contributed by atoms with Crippen LogP contribution in [0.1, 0.15) is 25.7 Å². The molecule has 4 rings (SSSR count). The van der Waals surface area contributed by atoms with Gasteiger partial charge in [-0.05, 0) is 48.3 Å². The molecule has 1 aliphatic carbocycles. The van der Waals surface area contributed by atoms with E-state index in [2.05, 4.69) is 22.8 Å². The van der Waals surface area contributed by atoms with E-state index in [-0.39, 0.29) is 12.0 Å². The second-order valence-corrected chi connectivity index (χ2v) is 7.39. The van der Waals surface area contributed by atoms with E-state index in [0.717, 1.165) is 41.1 Å². The smallest absolute Gasteiger partial charge is 0.162 e. The van der Waals surface area contributed by atoms with E-state index in [1.807, 2.05) is 23.6 Å². The summed E-state index contributed by atoms with van der Waals surface area (Å²) in [5.74, 6) is 1.66. The first-order valence-corrected chi connectivity index (χ1v) is 9.38. The van der Waals surface area contributed by atoms with E-state index in [9.17, 15) is 5.11 Å². The van der Waals surface area contributed by atoms with Gasteiger partial charge >= 0.3 is 0 Å². The maximum atomic E-state index is 9.35. The molecule has 1 aliphatic rings. The van der Waals surface area contributed by atoms with Gasteiger partial charge in [-0.3, -0.25) is 0 Å². The molecular weight excluding hydrogens is 318 g/mol. The molecule has 1 saturated carbocycles. The summed E-state index contributed by atoms with van der Waals surface area (Å²) in [6, 6.07) is 10.2. The number of nitrogens with zero attached hydrogens (tertiary/aromatic N) is 2. The number of thiophene rings is 1. The third-order valence-electron chi connectivity index (χ3n) is 5.07. The van der Waals surface area contributed by atoms with Gasteiger partial charge in [0, 0.05) is 29.5 Å². The largest absolute Gasteiger partial charge is 0.396 e. The number of aliphatic hydroxyl groups excluding tert-OH is 1. The van der Waals surface area contributed by atoms with Crippen molar-refractivity contribution in [2.75, 3.05) is 18.5 Å². The molecule has 0 spiro atoms. The number of anilines is 1. The van der Waals surface area contributed by atoms with Gasteiger partial charge < -0.3 is 10.4 Å². The lowest BCUT2D eigenvalue weighted by molar-refractivity contribution is 0.102. The molecule has 3 aromatic rings. The number of aromatic nitrogens is 2. The Bertz CT molecular complexity index is 828. The fourth-order valence-electron chi connectivity index (χ4n) is 3.43. The van der Waals surface area contributed by atoms with Crippen LogP contribution in [0, 0.1) is 5.41 Å². The van der Waals surface area contributed by atoms with Crippen LogP contribution in [-0.4, -0.2) is 28.2 Å². The first-order chi connectivity index (χ1) is 11.8. The van der Waals surface area contributed by atoms with Gasteiger partial charge in [0.25, 0.3) is 0 Å². The Labute approximate surface area is 145 Å². The van der Waals surface area contributed by atoms with Crippen molar-refractivity contribution in [3.05, 3.63) is 41.1 Å². The van der Waals surface area contributed by atoms with Gasteiger partial charge in [0.1, 0.15) is 5.82 Å². The zero-order chi connectivity index (χ0) is 16.4. The topological polar surface area (TPSA) is 58.0 Å². The van der Waals surface area contributed by atoms with Crippen molar-refractivity contribution >= 4 is 28.1 Å². The van der Waals surface area contributed by atoms with Gasteiger partial charge in [-0.25, -0.2) is 9.97 Å². The highest BCUT2D eigenvalue weighted by Gasteiger charge is 2.36. The summed E-state index contributed by atoms with van der Waals surface area (Å²) in [5.41, 5.74) is 2.24. The Morgan fingerprint density at radius 1 is 1.17 bits per heavy atom. The van der Waals surface area contributed by atoms with E-state index in [1.165, 1.54) is 19.3 Å². The van der Waals surface area contributed by atoms with Crippen LogP contribution in [0.2, 0.25) is 0 Å². The van der Waals surface area contributed by atoms with Crippen LogP contribution >= 0.6 is 11.3 Å². The summed E-state index contributed by atoms with van der Waals surface area (Å²) in [5, 5.41) is 18.1. The van der Waals surface area contributed by atoms with E-state index < -0.39 is 0 Å². The SMILES string of the molecule is OCCC1(CNc2nc(-c3ccsc3)nc3ccccc23)CCC1.